The lowest BCUT2D eigenvalue weighted by atomic mass is 10.0. The predicted octanol–water partition coefficient (Wildman–Crippen LogP) is 5.11. The average Bonchev–Trinajstić information content (AvgIpc) is 3.41. The number of carbonyl (C=O) groups excluding carboxylic acids is 2. The van der Waals surface area contributed by atoms with E-state index in [1.165, 1.54) is 30.5 Å². The van der Waals surface area contributed by atoms with Gasteiger partial charge >= 0.3 is 12.1 Å². The minimum Gasteiger partial charge on any atom is -0.508 e. The van der Waals surface area contributed by atoms with Crippen molar-refractivity contribution in [3.63, 3.8) is 0 Å². The molecule has 206 valence electrons. The number of benzene rings is 3. The van der Waals surface area contributed by atoms with Gasteiger partial charge in [-0.15, -0.1) is 0 Å². The number of carbonyl (C=O) groups is 3. The smallest absolute Gasteiger partial charge is 0.408 e. The summed E-state index contributed by atoms with van der Waals surface area (Å²) in [5, 5.41) is 28.7. The van der Waals surface area contributed by atoms with Crippen molar-refractivity contribution in [2.75, 3.05) is 0 Å². The third-order valence-electron chi connectivity index (χ3n) is 6.09. The van der Waals surface area contributed by atoms with Crippen molar-refractivity contribution in [3.8, 4) is 17.0 Å². The van der Waals surface area contributed by atoms with Gasteiger partial charge in [-0.25, -0.2) is 9.59 Å². The first-order valence-corrected chi connectivity index (χ1v) is 12.6. The molecule has 0 saturated heterocycles. The fourth-order valence-corrected chi connectivity index (χ4v) is 4.24. The van der Waals surface area contributed by atoms with Crippen molar-refractivity contribution in [1.29, 1.82) is 0 Å². The van der Waals surface area contributed by atoms with Crippen LogP contribution in [0.15, 0.2) is 83.6 Å². The molecule has 0 saturated carbocycles. The van der Waals surface area contributed by atoms with Crippen molar-refractivity contribution in [2.24, 2.45) is 0 Å². The van der Waals surface area contributed by atoms with Gasteiger partial charge in [0, 0.05) is 33.7 Å². The summed E-state index contributed by atoms with van der Waals surface area (Å²) in [6.45, 7) is 1.79. The van der Waals surface area contributed by atoms with E-state index in [9.17, 15) is 24.6 Å². The van der Waals surface area contributed by atoms with Crippen molar-refractivity contribution in [3.05, 3.63) is 106 Å². The van der Waals surface area contributed by atoms with Crippen LogP contribution < -0.4 is 10.6 Å². The van der Waals surface area contributed by atoms with Gasteiger partial charge in [-0.1, -0.05) is 59.2 Å². The Labute approximate surface area is 234 Å². The van der Waals surface area contributed by atoms with Crippen LogP contribution in [0, 0.1) is 0 Å². The van der Waals surface area contributed by atoms with Crippen LogP contribution in [0.5, 0.6) is 5.75 Å². The number of halogens is 1. The summed E-state index contributed by atoms with van der Waals surface area (Å²) >= 11 is 6.17. The van der Waals surface area contributed by atoms with Crippen LogP contribution in [0.25, 0.3) is 11.3 Å². The summed E-state index contributed by atoms with van der Waals surface area (Å²) in [5.41, 5.74) is 3.25. The second kappa shape index (κ2) is 12.8. The number of rotatable bonds is 10. The highest BCUT2D eigenvalue weighted by Crippen LogP contribution is 2.26. The van der Waals surface area contributed by atoms with E-state index >= 15 is 0 Å². The van der Waals surface area contributed by atoms with Crippen LogP contribution in [0.1, 0.15) is 40.1 Å². The third kappa shape index (κ3) is 7.17. The molecule has 4 aromatic rings. The number of aromatic nitrogens is 1. The molecule has 2 atom stereocenters. The summed E-state index contributed by atoms with van der Waals surface area (Å²) in [7, 11) is 0. The highest BCUT2D eigenvalue weighted by atomic mass is 35.5. The van der Waals surface area contributed by atoms with Gasteiger partial charge in [0.05, 0.1) is 6.54 Å². The topological polar surface area (TPSA) is 151 Å². The maximum Gasteiger partial charge on any atom is 0.408 e. The monoisotopic (exact) mass is 563 g/mol. The molecule has 4 rings (SSSR count). The van der Waals surface area contributed by atoms with E-state index in [0.717, 1.165) is 0 Å². The second-order valence-corrected chi connectivity index (χ2v) is 9.33. The number of alkyl carbamates (subject to hydrolysis) is 1. The van der Waals surface area contributed by atoms with Gasteiger partial charge in [0.25, 0.3) is 5.91 Å². The van der Waals surface area contributed by atoms with E-state index in [4.69, 9.17) is 20.9 Å². The second-order valence-electron chi connectivity index (χ2n) is 8.92. The zero-order valence-corrected chi connectivity index (χ0v) is 22.1. The lowest BCUT2D eigenvalue weighted by Crippen LogP contribution is -2.42. The lowest BCUT2D eigenvalue weighted by Gasteiger charge is -2.15. The number of ether oxygens (including phenoxy) is 1. The minimum absolute atomic E-state index is 0.0499. The SMILES string of the molecule is CC(OC(=O)NCc1conc1-c1ccc(C(=O)NC(Cc2ccc(O)cc2)C(=O)O)cc1)c1ccccc1Cl. The molecule has 0 bridgehead atoms. The summed E-state index contributed by atoms with van der Waals surface area (Å²) in [6.07, 6.45) is 0.242. The lowest BCUT2D eigenvalue weighted by molar-refractivity contribution is -0.139. The van der Waals surface area contributed by atoms with Crippen LogP contribution in [0.3, 0.4) is 0 Å². The quantitative estimate of drug-likeness (QED) is 0.208. The highest BCUT2D eigenvalue weighted by Gasteiger charge is 2.22. The number of hydrogen-bond donors (Lipinski definition) is 4. The summed E-state index contributed by atoms with van der Waals surface area (Å²) in [4.78, 5) is 36.8. The first-order valence-electron chi connectivity index (χ1n) is 12.3. The number of aromatic hydroxyl groups is 1. The molecule has 0 fully saturated rings. The largest absolute Gasteiger partial charge is 0.508 e. The Hall–Kier alpha value is -4.83. The summed E-state index contributed by atoms with van der Waals surface area (Å²) in [6, 6.07) is 18.4. The molecule has 0 aliphatic heterocycles. The molecule has 11 heteroatoms. The maximum atomic E-state index is 12.7. The zero-order chi connectivity index (χ0) is 28.6. The molecule has 4 N–H and O–H groups in total. The van der Waals surface area contributed by atoms with E-state index in [2.05, 4.69) is 15.8 Å². The van der Waals surface area contributed by atoms with E-state index in [0.29, 0.717) is 33.0 Å². The molecule has 10 nitrogen and oxygen atoms in total. The number of amides is 2. The van der Waals surface area contributed by atoms with Crippen molar-refractivity contribution >= 4 is 29.6 Å². The van der Waals surface area contributed by atoms with Gasteiger partial charge in [0.2, 0.25) is 0 Å². The minimum atomic E-state index is -1.18. The number of phenolic OH excluding ortho intramolecular Hbond substituents is 1. The molecule has 0 radical (unpaired) electrons. The number of nitrogens with zero attached hydrogens (tertiary/aromatic N) is 1. The fraction of sp³-hybridized carbons (Fsp3) is 0.172. The van der Waals surface area contributed by atoms with Crippen molar-refractivity contribution in [2.45, 2.75) is 32.0 Å². The molecule has 2 amide bonds. The van der Waals surface area contributed by atoms with E-state index in [1.807, 2.05) is 0 Å². The molecule has 40 heavy (non-hydrogen) atoms. The number of aliphatic carboxylic acids is 1. The van der Waals surface area contributed by atoms with Crippen LogP contribution in [0.2, 0.25) is 5.02 Å². The summed E-state index contributed by atoms with van der Waals surface area (Å²) in [5.74, 6) is -1.68. The highest BCUT2D eigenvalue weighted by molar-refractivity contribution is 6.31. The zero-order valence-electron chi connectivity index (χ0n) is 21.3. The Morgan fingerprint density at radius 1 is 1.02 bits per heavy atom. The van der Waals surface area contributed by atoms with Gasteiger partial charge in [-0.2, -0.15) is 0 Å². The molecule has 0 aliphatic rings. The Kier molecular flexibility index (Phi) is 9.03. The van der Waals surface area contributed by atoms with Crippen molar-refractivity contribution in [1.82, 2.24) is 15.8 Å². The van der Waals surface area contributed by atoms with Gasteiger partial charge in [-0.3, -0.25) is 4.79 Å². The Morgan fingerprint density at radius 2 is 1.73 bits per heavy atom. The van der Waals surface area contributed by atoms with E-state index in [-0.39, 0.29) is 24.3 Å². The van der Waals surface area contributed by atoms with Crippen LogP contribution in [-0.2, 0) is 22.5 Å². The molecule has 2 unspecified atom stereocenters. The maximum absolute atomic E-state index is 12.7. The number of hydrogen-bond acceptors (Lipinski definition) is 7. The van der Waals surface area contributed by atoms with Crippen LogP contribution in [0.4, 0.5) is 4.79 Å². The molecule has 1 heterocycles. The average molecular weight is 564 g/mol. The number of nitrogens with one attached hydrogen (secondary N) is 2. The fourth-order valence-electron chi connectivity index (χ4n) is 3.95. The Bertz CT molecular complexity index is 1490. The normalized spacial score (nSPS) is 12.2. The van der Waals surface area contributed by atoms with E-state index < -0.39 is 30.1 Å². The molecule has 3 aromatic carbocycles. The van der Waals surface area contributed by atoms with Crippen LogP contribution >= 0.6 is 11.6 Å². The Morgan fingerprint density at radius 3 is 2.40 bits per heavy atom. The predicted molar refractivity (Wildman–Crippen MR) is 146 cm³/mol. The molecule has 0 aliphatic carbocycles. The number of phenols is 1. The molecular weight excluding hydrogens is 538 g/mol. The van der Waals surface area contributed by atoms with Gasteiger partial charge in [0.15, 0.2) is 0 Å². The number of carboxylic acids is 1. The standard InChI is InChI=1S/C29H26ClN3O7/c1-17(23-4-2-3-5-24(23)30)40-29(38)31-15-21-16-39-33-26(21)19-8-10-20(11-9-19)27(35)32-25(28(36)37)14-18-6-12-22(34)13-7-18/h2-13,16-17,25,34H,14-15H2,1H3,(H,31,38)(H,32,35)(H,36,37). The molecule has 0 spiro atoms. The van der Waals surface area contributed by atoms with Crippen molar-refractivity contribution < 1.29 is 33.9 Å². The first kappa shape index (κ1) is 28.2. The molecular formula is C29H26ClN3O7. The van der Waals surface area contributed by atoms with Gasteiger partial charge < -0.3 is 30.1 Å². The van der Waals surface area contributed by atoms with Crippen LogP contribution in [-0.4, -0.2) is 39.4 Å². The first-order chi connectivity index (χ1) is 19.2. The summed E-state index contributed by atoms with van der Waals surface area (Å²) < 4.78 is 10.5. The van der Waals surface area contributed by atoms with E-state index in [1.54, 1.807) is 55.5 Å². The third-order valence-corrected chi connectivity index (χ3v) is 6.44. The van der Waals surface area contributed by atoms with Gasteiger partial charge in [-0.05, 0) is 42.8 Å². The number of carboxylic acid groups (broad SMARTS) is 1. The Balaban J connectivity index is 1.35. The van der Waals surface area contributed by atoms with Gasteiger partial charge in [0.1, 0.15) is 29.9 Å². The molecule has 1 aromatic heterocycles.